The second-order valence-electron chi connectivity index (χ2n) is 2.71. The van der Waals surface area contributed by atoms with E-state index in [2.05, 4.69) is 5.92 Å². The van der Waals surface area contributed by atoms with E-state index in [0.717, 1.165) is 17.7 Å². The molecular weight excluding hydrogens is 162 g/mol. The van der Waals surface area contributed by atoms with Crippen LogP contribution in [0.4, 0.5) is 5.69 Å². The van der Waals surface area contributed by atoms with Gasteiger partial charge in [-0.15, -0.1) is 6.42 Å². The predicted molar refractivity (Wildman–Crippen MR) is 54.2 cm³/mol. The Bertz CT molecular complexity index is 301. The van der Waals surface area contributed by atoms with Gasteiger partial charge in [-0.25, -0.2) is 0 Å². The Balaban J connectivity index is 2.37. The second-order valence-corrected chi connectivity index (χ2v) is 2.71. The lowest BCUT2D eigenvalue weighted by atomic mass is 10.1. The van der Waals surface area contributed by atoms with Gasteiger partial charge in [0.15, 0.2) is 0 Å². The van der Waals surface area contributed by atoms with Crippen LogP contribution in [0.2, 0.25) is 0 Å². The smallest absolute Gasteiger partial charge is 0.107 e. The zero-order valence-corrected chi connectivity index (χ0v) is 7.49. The average molecular weight is 175 g/mol. The minimum Gasteiger partial charge on any atom is -0.399 e. The molecule has 1 rings (SSSR count). The monoisotopic (exact) mass is 175 g/mol. The highest BCUT2D eigenvalue weighted by molar-refractivity contribution is 5.46. The number of hydrogen-bond donors (Lipinski definition) is 1. The van der Waals surface area contributed by atoms with Crippen molar-refractivity contribution in [3.8, 4) is 12.3 Å². The third-order valence-electron chi connectivity index (χ3n) is 1.76. The number of nitrogens with two attached hydrogens (primary N) is 1. The molecule has 0 aliphatic heterocycles. The number of anilines is 1. The van der Waals surface area contributed by atoms with E-state index in [4.69, 9.17) is 16.9 Å². The van der Waals surface area contributed by atoms with Crippen molar-refractivity contribution in [3.63, 3.8) is 0 Å². The van der Waals surface area contributed by atoms with Gasteiger partial charge in [0.2, 0.25) is 0 Å². The molecule has 0 saturated carbocycles. The minimum absolute atomic E-state index is 0.368. The molecule has 1 aromatic rings. The van der Waals surface area contributed by atoms with Crippen molar-refractivity contribution in [2.45, 2.75) is 6.42 Å². The first-order valence-corrected chi connectivity index (χ1v) is 4.19. The van der Waals surface area contributed by atoms with Crippen LogP contribution in [-0.4, -0.2) is 13.2 Å². The van der Waals surface area contributed by atoms with E-state index in [-0.39, 0.29) is 0 Å². The van der Waals surface area contributed by atoms with E-state index in [1.807, 2.05) is 24.3 Å². The van der Waals surface area contributed by atoms with Crippen molar-refractivity contribution in [2.75, 3.05) is 18.9 Å². The average Bonchev–Trinajstić information content (AvgIpc) is 2.15. The summed E-state index contributed by atoms with van der Waals surface area (Å²) in [7, 11) is 0. The van der Waals surface area contributed by atoms with Crippen LogP contribution in [0.3, 0.4) is 0 Å². The third-order valence-corrected chi connectivity index (χ3v) is 1.76. The van der Waals surface area contributed by atoms with E-state index >= 15 is 0 Å². The second kappa shape index (κ2) is 5.23. The molecule has 68 valence electrons. The molecule has 2 nitrogen and oxygen atoms in total. The minimum atomic E-state index is 0.368. The fourth-order valence-corrected chi connectivity index (χ4v) is 1.08. The fourth-order valence-electron chi connectivity index (χ4n) is 1.08. The summed E-state index contributed by atoms with van der Waals surface area (Å²) in [4.78, 5) is 0. The fraction of sp³-hybridized carbons (Fsp3) is 0.273. The standard InChI is InChI=1S/C11H13NO/c1-2-8-13-9-7-10-5-3-4-6-11(10)12/h1,3-6H,7-9,12H2. The van der Waals surface area contributed by atoms with Gasteiger partial charge in [0.1, 0.15) is 6.61 Å². The zero-order chi connectivity index (χ0) is 9.52. The highest BCUT2D eigenvalue weighted by atomic mass is 16.5. The molecule has 0 radical (unpaired) electrons. The maximum Gasteiger partial charge on any atom is 0.107 e. The first kappa shape index (κ1) is 9.63. The first-order valence-electron chi connectivity index (χ1n) is 4.19. The van der Waals surface area contributed by atoms with Gasteiger partial charge in [0.05, 0.1) is 6.61 Å². The Morgan fingerprint density at radius 3 is 2.85 bits per heavy atom. The van der Waals surface area contributed by atoms with Gasteiger partial charge in [-0.1, -0.05) is 24.1 Å². The molecule has 1 aromatic carbocycles. The molecule has 0 heterocycles. The lowest BCUT2D eigenvalue weighted by Crippen LogP contribution is -2.01. The van der Waals surface area contributed by atoms with E-state index in [1.165, 1.54) is 0 Å². The molecule has 0 fully saturated rings. The summed E-state index contributed by atoms with van der Waals surface area (Å²) in [6, 6.07) is 7.76. The van der Waals surface area contributed by atoms with Gasteiger partial charge in [-0.2, -0.15) is 0 Å². The lowest BCUT2D eigenvalue weighted by Gasteiger charge is -2.04. The number of nitrogen functional groups attached to an aromatic ring is 1. The predicted octanol–water partition coefficient (Wildman–Crippen LogP) is 1.46. The van der Waals surface area contributed by atoms with E-state index < -0.39 is 0 Å². The summed E-state index contributed by atoms with van der Waals surface area (Å²) in [6.45, 7) is 0.991. The van der Waals surface area contributed by atoms with Gasteiger partial charge in [0.25, 0.3) is 0 Å². The summed E-state index contributed by atoms with van der Waals surface area (Å²) in [5, 5.41) is 0. The molecule has 0 spiro atoms. The Morgan fingerprint density at radius 1 is 1.38 bits per heavy atom. The zero-order valence-electron chi connectivity index (χ0n) is 7.49. The molecule has 2 N–H and O–H groups in total. The molecule has 0 bridgehead atoms. The van der Waals surface area contributed by atoms with Crippen molar-refractivity contribution in [3.05, 3.63) is 29.8 Å². The highest BCUT2D eigenvalue weighted by Gasteiger charge is 1.96. The Hall–Kier alpha value is -1.46. The van der Waals surface area contributed by atoms with Crippen molar-refractivity contribution < 1.29 is 4.74 Å². The van der Waals surface area contributed by atoms with Crippen molar-refractivity contribution in [1.29, 1.82) is 0 Å². The number of para-hydroxylation sites is 1. The largest absolute Gasteiger partial charge is 0.399 e. The van der Waals surface area contributed by atoms with Crippen LogP contribution >= 0.6 is 0 Å². The molecule has 13 heavy (non-hydrogen) atoms. The SMILES string of the molecule is C#CCOCCc1ccccc1N. The number of hydrogen-bond acceptors (Lipinski definition) is 2. The van der Waals surface area contributed by atoms with Gasteiger partial charge < -0.3 is 10.5 Å². The van der Waals surface area contributed by atoms with Crippen LogP contribution in [0.15, 0.2) is 24.3 Å². The van der Waals surface area contributed by atoms with E-state index in [0.29, 0.717) is 13.2 Å². The molecule has 0 saturated heterocycles. The van der Waals surface area contributed by atoms with Gasteiger partial charge >= 0.3 is 0 Å². The molecule has 2 heteroatoms. The van der Waals surface area contributed by atoms with Crippen LogP contribution in [0, 0.1) is 12.3 Å². The number of ether oxygens (including phenoxy) is 1. The normalized spacial score (nSPS) is 9.46. The summed E-state index contributed by atoms with van der Waals surface area (Å²) in [5.74, 6) is 2.42. The molecule has 0 atom stereocenters. The van der Waals surface area contributed by atoms with Gasteiger partial charge in [-0.05, 0) is 18.1 Å². The Morgan fingerprint density at radius 2 is 2.15 bits per heavy atom. The van der Waals surface area contributed by atoms with Crippen LogP contribution in [0.5, 0.6) is 0 Å². The molecule has 0 amide bonds. The third kappa shape index (κ3) is 3.18. The quantitative estimate of drug-likeness (QED) is 0.427. The Labute approximate surface area is 78.7 Å². The van der Waals surface area contributed by atoms with Crippen LogP contribution in [-0.2, 0) is 11.2 Å². The highest BCUT2D eigenvalue weighted by Crippen LogP contribution is 2.10. The molecule has 0 aliphatic rings. The molecular formula is C11H13NO. The maximum absolute atomic E-state index is 5.74. The molecule has 0 aliphatic carbocycles. The number of rotatable bonds is 4. The Kier molecular flexibility index (Phi) is 3.87. The van der Waals surface area contributed by atoms with Crippen molar-refractivity contribution in [2.24, 2.45) is 0 Å². The molecule has 0 aromatic heterocycles. The van der Waals surface area contributed by atoms with Gasteiger partial charge in [-0.3, -0.25) is 0 Å². The van der Waals surface area contributed by atoms with Crippen molar-refractivity contribution in [1.82, 2.24) is 0 Å². The molecule has 0 unspecified atom stereocenters. The van der Waals surface area contributed by atoms with Crippen molar-refractivity contribution >= 4 is 5.69 Å². The van der Waals surface area contributed by atoms with Gasteiger partial charge in [0, 0.05) is 5.69 Å². The topological polar surface area (TPSA) is 35.2 Å². The summed E-state index contributed by atoms with van der Waals surface area (Å²) in [6.07, 6.45) is 5.85. The maximum atomic E-state index is 5.74. The summed E-state index contributed by atoms with van der Waals surface area (Å²) < 4.78 is 5.15. The lowest BCUT2D eigenvalue weighted by molar-refractivity contribution is 0.171. The van der Waals surface area contributed by atoms with E-state index in [1.54, 1.807) is 0 Å². The van der Waals surface area contributed by atoms with Crippen LogP contribution in [0.1, 0.15) is 5.56 Å². The number of benzene rings is 1. The van der Waals surface area contributed by atoms with Crippen LogP contribution in [0.25, 0.3) is 0 Å². The first-order chi connectivity index (χ1) is 6.34. The summed E-state index contributed by atoms with van der Waals surface area (Å²) in [5.41, 5.74) is 7.66. The van der Waals surface area contributed by atoms with E-state index in [9.17, 15) is 0 Å². The number of terminal acetylenes is 1. The van der Waals surface area contributed by atoms with Crippen LogP contribution < -0.4 is 5.73 Å². The summed E-state index contributed by atoms with van der Waals surface area (Å²) >= 11 is 0.